The lowest BCUT2D eigenvalue weighted by Crippen LogP contribution is -2.14. The Morgan fingerprint density at radius 1 is 1.07 bits per heavy atom. The van der Waals surface area contributed by atoms with Gasteiger partial charge in [-0.25, -0.2) is 9.18 Å². The molecule has 138 valence electrons. The van der Waals surface area contributed by atoms with Crippen LogP contribution in [0.2, 0.25) is 0 Å². The molecule has 0 bridgehead atoms. The molecule has 1 aromatic heterocycles. The van der Waals surface area contributed by atoms with Crippen LogP contribution in [0.4, 0.5) is 9.39 Å². The minimum atomic E-state index is -0.524. The van der Waals surface area contributed by atoms with Crippen LogP contribution >= 0.6 is 11.3 Å². The number of hydrogen-bond donors (Lipinski definition) is 1. The Labute approximate surface area is 160 Å². The first-order valence-electron chi connectivity index (χ1n) is 8.44. The molecular formula is C21H18FNO3S. The van der Waals surface area contributed by atoms with Crippen LogP contribution in [0, 0.1) is 12.7 Å². The van der Waals surface area contributed by atoms with Gasteiger partial charge in [-0.3, -0.25) is 4.79 Å². The Kier molecular flexibility index (Phi) is 5.66. The summed E-state index contributed by atoms with van der Waals surface area (Å²) in [6.45, 7) is 3.78. The number of hydrogen-bond acceptors (Lipinski definition) is 4. The van der Waals surface area contributed by atoms with E-state index in [1.807, 2.05) is 13.0 Å². The van der Waals surface area contributed by atoms with Crippen molar-refractivity contribution in [1.82, 2.24) is 0 Å². The third kappa shape index (κ3) is 4.06. The first-order valence-corrected chi connectivity index (χ1v) is 9.25. The Bertz CT molecular complexity index is 965. The second-order valence-corrected chi connectivity index (χ2v) is 7.01. The van der Waals surface area contributed by atoms with Gasteiger partial charge in [0.05, 0.1) is 6.61 Å². The van der Waals surface area contributed by atoms with Gasteiger partial charge >= 0.3 is 5.97 Å². The van der Waals surface area contributed by atoms with Gasteiger partial charge in [0.1, 0.15) is 16.4 Å². The normalized spacial score (nSPS) is 10.5. The average Bonchev–Trinajstić information content (AvgIpc) is 2.99. The molecule has 4 nitrogen and oxygen atoms in total. The van der Waals surface area contributed by atoms with E-state index < -0.39 is 5.97 Å². The molecule has 3 aromatic rings. The fourth-order valence-electron chi connectivity index (χ4n) is 2.76. The van der Waals surface area contributed by atoms with Gasteiger partial charge in [0.2, 0.25) is 0 Å². The monoisotopic (exact) mass is 383 g/mol. The fourth-order valence-corrected chi connectivity index (χ4v) is 3.82. The molecule has 0 atom stereocenters. The van der Waals surface area contributed by atoms with Crippen molar-refractivity contribution >= 4 is 28.2 Å². The topological polar surface area (TPSA) is 55.4 Å². The molecule has 1 N–H and O–H groups in total. The van der Waals surface area contributed by atoms with Gasteiger partial charge < -0.3 is 10.1 Å². The number of esters is 1. The molecule has 0 aliphatic rings. The first kappa shape index (κ1) is 18.8. The van der Waals surface area contributed by atoms with Gasteiger partial charge in [-0.2, -0.15) is 0 Å². The Morgan fingerprint density at radius 3 is 2.37 bits per heavy atom. The Balaban J connectivity index is 2.06. The van der Waals surface area contributed by atoms with Crippen molar-refractivity contribution in [3.63, 3.8) is 0 Å². The maximum absolute atomic E-state index is 13.3. The van der Waals surface area contributed by atoms with E-state index in [1.54, 1.807) is 43.3 Å². The van der Waals surface area contributed by atoms with Gasteiger partial charge in [0, 0.05) is 16.0 Å². The van der Waals surface area contributed by atoms with Crippen molar-refractivity contribution < 1.29 is 18.7 Å². The van der Waals surface area contributed by atoms with Crippen molar-refractivity contribution in [3.05, 3.63) is 76.4 Å². The van der Waals surface area contributed by atoms with Crippen LogP contribution in [0.5, 0.6) is 0 Å². The van der Waals surface area contributed by atoms with Gasteiger partial charge in [-0.15, -0.1) is 11.3 Å². The van der Waals surface area contributed by atoms with Crippen molar-refractivity contribution in [3.8, 4) is 11.1 Å². The SMILES string of the molecule is CCOC(=O)c1c(NC(=O)c2ccccc2)sc(C)c1-c1ccc(F)cc1. The standard InChI is InChI=1S/C21H18FNO3S/c1-3-26-21(25)18-17(14-9-11-16(22)12-10-14)13(2)27-20(18)23-19(24)15-7-5-4-6-8-15/h4-12H,3H2,1-2H3,(H,23,24). The summed E-state index contributed by atoms with van der Waals surface area (Å²) in [6.07, 6.45) is 0. The van der Waals surface area contributed by atoms with Crippen LogP contribution in [-0.4, -0.2) is 18.5 Å². The largest absolute Gasteiger partial charge is 0.462 e. The summed E-state index contributed by atoms with van der Waals surface area (Å²) < 4.78 is 18.5. The van der Waals surface area contributed by atoms with Crippen molar-refractivity contribution in [2.75, 3.05) is 11.9 Å². The molecule has 1 heterocycles. The van der Waals surface area contributed by atoms with Crippen LogP contribution in [0.25, 0.3) is 11.1 Å². The number of aryl methyl sites for hydroxylation is 1. The number of ether oxygens (including phenoxy) is 1. The molecule has 0 fully saturated rings. The third-order valence-corrected chi connectivity index (χ3v) is 4.98. The number of halogens is 1. The maximum Gasteiger partial charge on any atom is 0.341 e. The Hall–Kier alpha value is -2.99. The van der Waals surface area contributed by atoms with E-state index in [1.165, 1.54) is 23.5 Å². The summed E-state index contributed by atoms with van der Waals surface area (Å²) in [4.78, 5) is 26.0. The molecule has 27 heavy (non-hydrogen) atoms. The number of thiophene rings is 1. The quantitative estimate of drug-likeness (QED) is 0.609. The van der Waals surface area contributed by atoms with Gasteiger partial charge in [-0.1, -0.05) is 30.3 Å². The molecular weight excluding hydrogens is 365 g/mol. The zero-order valence-corrected chi connectivity index (χ0v) is 15.7. The predicted octanol–water partition coefficient (Wildman–Crippen LogP) is 5.29. The molecule has 3 rings (SSSR count). The van der Waals surface area contributed by atoms with Crippen LogP contribution < -0.4 is 5.32 Å². The smallest absolute Gasteiger partial charge is 0.341 e. The van der Waals surface area contributed by atoms with E-state index in [-0.39, 0.29) is 23.9 Å². The molecule has 0 radical (unpaired) electrons. The molecule has 1 amide bonds. The number of carbonyl (C=O) groups excluding carboxylic acids is 2. The second-order valence-electron chi connectivity index (χ2n) is 5.78. The number of benzene rings is 2. The number of anilines is 1. The van der Waals surface area contributed by atoms with Crippen molar-refractivity contribution in [2.45, 2.75) is 13.8 Å². The molecule has 0 unspecified atom stereocenters. The number of nitrogens with one attached hydrogen (secondary N) is 1. The number of rotatable bonds is 5. The van der Waals surface area contributed by atoms with Crippen molar-refractivity contribution in [2.24, 2.45) is 0 Å². The zero-order valence-electron chi connectivity index (χ0n) is 14.9. The summed E-state index contributed by atoms with van der Waals surface area (Å²) in [5, 5.41) is 3.23. The average molecular weight is 383 g/mol. The molecule has 2 aromatic carbocycles. The van der Waals surface area contributed by atoms with E-state index in [0.717, 1.165) is 4.88 Å². The highest BCUT2D eigenvalue weighted by Crippen LogP contribution is 2.40. The molecule has 0 saturated carbocycles. The highest BCUT2D eigenvalue weighted by atomic mass is 32.1. The molecule has 0 aliphatic heterocycles. The Morgan fingerprint density at radius 2 is 1.74 bits per heavy atom. The van der Waals surface area contributed by atoms with E-state index >= 15 is 0 Å². The predicted molar refractivity (Wildman–Crippen MR) is 105 cm³/mol. The summed E-state index contributed by atoms with van der Waals surface area (Å²) in [7, 11) is 0. The molecule has 0 saturated heterocycles. The van der Waals surface area contributed by atoms with E-state index in [0.29, 0.717) is 21.7 Å². The number of carbonyl (C=O) groups is 2. The summed E-state index contributed by atoms with van der Waals surface area (Å²) in [5.74, 6) is -1.19. The van der Waals surface area contributed by atoms with E-state index in [2.05, 4.69) is 5.32 Å². The minimum Gasteiger partial charge on any atom is -0.462 e. The van der Waals surface area contributed by atoms with E-state index in [9.17, 15) is 14.0 Å². The van der Waals surface area contributed by atoms with Crippen molar-refractivity contribution in [1.29, 1.82) is 0 Å². The summed E-state index contributed by atoms with van der Waals surface area (Å²) in [6, 6.07) is 14.6. The minimum absolute atomic E-state index is 0.211. The lowest BCUT2D eigenvalue weighted by atomic mass is 10.0. The van der Waals surface area contributed by atoms with Crippen LogP contribution in [0.15, 0.2) is 54.6 Å². The van der Waals surface area contributed by atoms with E-state index in [4.69, 9.17) is 4.74 Å². The molecule has 0 aliphatic carbocycles. The highest BCUT2D eigenvalue weighted by Gasteiger charge is 2.25. The first-order chi connectivity index (χ1) is 13.0. The molecule has 0 spiro atoms. The van der Waals surface area contributed by atoms with Crippen LogP contribution in [0.3, 0.4) is 0 Å². The zero-order chi connectivity index (χ0) is 19.4. The van der Waals surface area contributed by atoms with Crippen LogP contribution in [0.1, 0.15) is 32.5 Å². The maximum atomic E-state index is 13.3. The molecule has 6 heteroatoms. The van der Waals surface area contributed by atoms with Gasteiger partial charge in [-0.05, 0) is 43.7 Å². The summed E-state index contributed by atoms with van der Waals surface area (Å²) in [5.41, 5.74) is 2.10. The van der Waals surface area contributed by atoms with Crippen LogP contribution in [-0.2, 0) is 4.74 Å². The van der Waals surface area contributed by atoms with Gasteiger partial charge in [0.25, 0.3) is 5.91 Å². The summed E-state index contributed by atoms with van der Waals surface area (Å²) >= 11 is 1.29. The second kappa shape index (κ2) is 8.14. The lowest BCUT2D eigenvalue weighted by Gasteiger charge is -2.09. The third-order valence-electron chi connectivity index (χ3n) is 3.96. The van der Waals surface area contributed by atoms with Gasteiger partial charge in [0.15, 0.2) is 0 Å². The number of amides is 1. The lowest BCUT2D eigenvalue weighted by molar-refractivity contribution is 0.0529. The fraction of sp³-hybridized carbons (Fsp3) is 0.143. The highest BCUT2D eigenvalue weighted by molar-refractivity contribution is 7.17.